The van der Waals surface area contributed by atoms with Gasteiger partial charge < -0.3 is 10.1 Å². The lowest BCUT2D eigenvalue weighted by molar-refractivity contribution is 0.364. The molecule has 0 amide bonds. The number of nitrogens with one attached hydrogen (secondary N) is 1. The molecule has 1 N–H and O–H groups in total. The molecule has 0 aromatic heterocycles. The van der Waals surface area contributed by atoms with Crippen LogP contribution < -0.4 is 10.1 Å². The number of hydrogen-bond donors (Lipinski definition) is 1. The van der Waals surface area contributed by atoms with Gasteiger partial charge in [-0.2, -0.15) is 0 Å². The average Bonchev–Trinajstić information content (AvgIpc) is 2.25. The Morgan fingerprint density at radius 1 is 1.47 bits per heavy atom. The fraction of sp³-hybridized carbons (Fsp3) is 0.385. The fourth-order valence-corrected chi connectivity index (χ4v) is 1.46. The Bertz CT molecular complexity index is 385. The standard InChI is InChI=1S/C13H16ClNO.ClH/c1-4-7-16-13-6-5-12(14)8-11(13)9-15-10(2)3;/h1,5-6,8,10,15H,7,9H2,2-3H3;1H. The molecule has 0 aliphatic heterocycles. The van der Waals surface area contributed by atoms with Gasteiger partial charge in [0, 0.05) is 23.2 Å². The molecule has 94 valence electrons. The maximum atomic E-state index is 5.94. The summed E-state index contributed by atoms with van der Waals surface area (Å²) in [7, 11) is 0. The second-order valence-corrected chi connectivity index (χ2v) is 4.22. The molecule has 0 fully saturated rings. The van der Waals surface area contributed by atoms with Gasteiger partial charge >= 0.3 is 0 Å². The van der Waals surface area contributed by atoms with Crippen molar-refractivity contribution in [3.05, 3.63) is 28.8 Å². The molecule has 17 heavy (non-hydrogen) atoms. The summed E-state index contributed by atoms with van der Waals surface area (Å²) in [6.07, 6.45) is 5.16. The van der Waals surface area contributed by atoms with Crippen LogP contribution in [0.3, 0.4) is 0 Å². The van der Waals surface area contributed by atoms with Crippen LogP contribution in [0.15, 0.2) is 18.2 Å². The number of hydrogen-bond acceptors (Lipinski definition) is 2. The van der Waals surface area contributed by atoms with Crippen molar-refractivity contribution in [2.45, 2.75) is 26.4 Å². The first kappa shape index (κ1) is 16.1. The Morgan fingerprint density at radius 2 is 2.18 bits per heavy atom. The normalized spacial score (nSPS) is 9.59. The summed E-state index contributed by atoms with van der Waals surface area (Å²) in [5, 5.41) is 4.02. The maximum Gasteiger partial charge on any atom is 0.148 e. The second kappa shape index (κ2) is 8.25. The number of halogens is 2. The van der Waals surface area contributed by atoms with Crippen LogP contribution in [0.4, 0.5) is 0 Å². The van der Waals surface area contributed by atoms with Crippen molar-refractivity contribution in [1.82, 2.24) is 5.32 Å². The maximum absolute atomic E-state index is 5.94. The third-order valence-corrected chi connectivity index (χ3v) is 2.27. The van der Waals surface area contributed by atoms with Crippen LogP contribution in [0.1, 0.15) is 19.4 Å². The lowest BCUT2D eigenvalue weighted by Crippen LogP contribution is -2.22. The molecule has 0 bridgehead atoms. The minimum atomic E-state index is 0. The summed E-state index contributed by atoms with van der Waals surface area (Å²) in [6, 6.07) is 5.95. The van der Waals surface area contributed by atoms with E-state index in [2.05, 4.69) is 25.1 Å². The van der Waals surface area contributed by atoms with Crippen molar-refractivity contribution >= 4 is 24.0 Å². The summed E-state index contributed by atoms with van der Waals surface area (Å²) in [4.78, 5) is 0. The van der Waals surface area contributed by atoms with Crippen molar-refractivity contribution in [2.75, 3.05) is 6.61 Å². The molecule has 0 aliphatic rings. The molecule has 0 unspecified atom stereocenters. The lowest BCUT2D eigenvalue weighted by atomic mass is 10.2. The van der Waals surface area contributed by atoms with Gasteiger partial charge in [-0.05, 0) is 18.2 Å². The van der Waals surface area contributed by atoms with E-state index in [1.165, 1.54) is 0 Å². The van der Waals surface area contributed by atoms with Gasteiger partial charge in [0.15, 0.2) is 0 Å². The highest BCUT2D eigenvalue weighted by Gasteiger charge is 2.05. The molecule has 1 rings (SSSR count). The van der Waals surface area contributed by atoms with E-state index in [1.54, 1.807) is 6.07 Å². The lowest BCUT2D eigenvalue weighted by Gasteiger charge is -2.12. The van der Waals surface area contributed by atoms with Crippen LogP contribution in [0.5, 0.6) is 5.75 Å². The average molecular weight is 274 g/mol. The molecule has 0 aliphatic carbocycles. The highest BCUT2D eigenvalue weighted by Crippen LogP contribution is 2.22. The first-order valence-corrected chi connectivity index (χ1v) is 5.59. The fourth-order valence-electron chi connectivity index (χ4n) is 1.26. The van der Waals surface area contributed by atoms with E-state index in [1.807, 2.05) is 12.1 Å². The number of rotatable bonds is 5. The highest BCUT2D eigenvalue weighted by atomic mass is 35.5. The monoisotopic (exact) mass is 273 g/mol. The Morgan fingerprint density at radius 3 is 2.76 bits per heavy atom. The molecule has 2 nitrogen and oxygen atoms in total. The number of benzene rings is 1. The zero-order valence-electron chi connectivity index (χ0n) is 10.00. The van der Waals surface area contributed by atoms with Gasteiger partial charge in [0.05, 0.1) is 0 Å². The number of ether oxygens (including phenoxy) is 1. The molecule has 0 spiro atoms. The van der Waals surface area contributed by atoms with Crippen molar-refractivity contribution in [3.8, 4) is 18.1 Å². The molecular weight excluding hydrogens is 257 g/mol. The van der Waals surface area contributed by atoms with Gasteiger partial charge in [-0.3, -0.25) is 0 Å². The minimum Gasteiger partial charge on any atom is -0.481 e. The summed E-state index contributed by atoms with van der Waals surface area (Å²) in [5.74, 6) is 3.23. The first-order chi connectivity index (χ1) is 7.63. The molecule has 0 saturated carbocycles. The van der Waals surface area contributed by atoms with E-state index in [0.29, 0.717) is 11.1 Å². The molecule has 0 heterocycles. The van der Waals surface area contributed by atoms with Crippen molar-refractivity contribution in [2.24, 2.45) is 0 Å². The zero-order valence-corrected chi connectivity index (χ0v) is 11.6. The first-order valence-electron chi connectivity index (χ1n) is 5.21. The van der Waals surface area contributed by atoms with Crippen molar-refractivity contribution in [1.29, 1.82) is 0 Å². The van der Waals surface area contributed by atoms with E-state index in [0.717, 1.165) is 17.9 Å². The summed E-state index contributed by atoms with van der Waals surface area (Å²) in [6.45, 7) is 5.17. The van der Waals surface area contributed by atoms with Crippen LogP contribution in [0.25, 0.3) is 0 Å². The molecule has 0 atom stereocenters. The highest BCUT2D eigenvalue weighted by molar-refractivity contribution is 6.30. The Balaban J connectivity index is 0.00000256. The number of terminal acetylenes is 1. The van der Waals surface area contributed by atoms with Crippen LogP contribution in [0, 0.1) is 12.3 Å². The predicted octanol–water partition coefficient (Wildman–Crippen LogP) is 3.27. The van der Waals surface area contributed by atoms with Gasteiger partial charge in [-0.25, -0.2) is 0 Å². The van der Waals surface area contributed by atoms with Crippen LogP contribution in [-0.4, -0.2) is 12.6 Å². The summed E-state index contributed by atoms with van der Waals surface area (Å²) >= 11 is 5.94. The van der Waals surface area contributed by atoms with Gasteiger partial charge in [0.2, 0.25) is 0 Å². The molecular formula is C13H17Cl2NO. The van der Waals surface area contributed by atoms with Gasteiger partial charge in [0.25, 0.3) is 0 Å². The largest absolute Gasteiger partial charge is 0.481 e. The smallest absolute Gasteiger partial charge is 0.148 e. The molecule has 0 saturated heterocycles. The quantitative estimate of drug-likeness (QED) is 0.832. The SMILES string of the molecule is C#CCOc1ccc(Cl)cc1CNC(C)C.Cl. The summed E-state index contributed by atoms with van der Waals surface area (Å²) in [5.41, 5.74) is 1.02. The zero-order chi connectivity index (χ0) is 12.0. The van der Waals surface area contributed by atoms with Crippen molar-refractivity contribution in [3.63, 3.8) is 0 Å². The second-order valence-electron chi connectivity index (χ2n) is 3.78. The van der Waals surface area contributed by atoms with Crippen LogP contribution >= 0.6 is 24.0 Å². The Labute approximate surface area is 114 Å². The predicted molar refractivity (Wildman–Crippen MR) is 75.0 cm³/mol. The van der Waals surface area contributed by atoms with Gasteiger partial charge in [-0.1, -0.05) is 31.4 Å². The van der Waals surface area contributed by atoms with Gasteiger partial charge in [-0.15, -0.1) is 18.8 Å². The summed E-state index contributed by atoms with van der Waals surface area (Å²) < 4.78 is 5.44. The van der Waals surface area contributed by atoms with Crippen LogP contribution in [0.2, 0.25) is 5.02 Å². The molecule has 1 aromatic rings. The minimum absolute atomic E-state index is 0. The van der Waals surface area contributed by atoms with E-state index in [4.69, 9.17) is 22.8 Å². The van der Waals surface area contributed by atoms with E-state index in [9.17, 15) is 0 Å². The topological polar surface area (TPSA) is 21.3 Å². The van der Waals surface area contributed by atoms with E-state index in [-0.39, 0.29) is 19.0 Å². The Hall–Kier alpha value is -0.880. The molecule has 0 radical (unpaired) electrons. The van der Waals surface area contributed by atoms with E-state index < -0.39 is 0 Å². The van der Waals surface area contributed by atoms with Crippen LogP contribution in [-0.2, 0) is 6.54 Å². The molecule has 1 aromatic carbocycles. The van der Waals surface area contributed by atoms with E-state index >= 15 is 0 Å². The van der Waals surface area contributed by atoms with Crippen molar-refractivity contribution < 1.29 is 4.74 Å². The molecule has 4 heteroatoms. The third kappa shape index (κ3) is 5.83. The van der Waals surface area contributed by atoms with Gasteiger partial charge in [0.1, 0.15) is 12.4 Å². The Kier molecular flexibility index (Phi) is 7.82. The third-order valence-electron chi connectivity index (χ3n) is 2.03.